The summed E-state index contributed by atoms with van der Waals surface area (Å²) in [5.41, 5.74) is 1.05. The molecule has 2 aromatic rings. The first-order valence-corrected chi connectivity index (χ1v) is 9.04. The summed E-state index contributed by atoms with van der Waals surface area (Å²) < 4.78 is 25.4. The van der Waals surface area contributed by atoms with E-state index in [0.717, 1.165) is 15.0 Å². The Kier molecular flexibility index (Phi) is 4.62. The van der Waals surface area contributed by atoms with Gasteiger partial charge in [-0.05, 0) is 41.1 Å². The minimum absolute atomic E-state index is 0.205. The van der Waals surface area contributed by atoms with Crippen LogP contribution in [0.3, 0.4) is 0 Å². The highest BCUT2D eigenvalue weighted by Gasteiger charge is 2.07. The van der Waals surface area contributed by atoms with Gasteiger partial charge in [0.05, 0.1) is 5.75 Å². The van der Waals surface area contributed by atoms with Gasteiger partial charge in [-0.1, -0.05) is 12.1 Å². The van der Waals surface area contributed by atoms with Crippen molar-refractivity contribution < 1.29 is 8.42 Å². The Bertz CT molecular complexity index is 665. The monoisotopic (exact) mass is 390 g/mol. The van der Waals surface area contributed by atoms with Gasteiger partial charge in [0.1, 0.15) is 15.7 Å². The molecule has 1 aromatic carbocycles. The summed E-state index contributed by atoms with van der Waals surface area (Å²) in [6, 6.07) is 8.10. The molecule has 4 nitrogen and oxygen atoms in total. The van der Waals surface area contributed by atoms with Crippen molar-refractivity contribution in [2.75, 3.05) is 12.0 Å². The predicted molar refractivity (Wildman–Crippen MR) is 84.7 cm³/mol. The van der Waals surface area contributed by atoms with Gasteiger partial charge in [0, 0.05) is 34.3 Å². The summed E-state index contributed by atoms with van der Waals surface area (Å²) in [5, 5.41) is 0. The summed E-state index contributed by atoms with van der Waals surface area (Å²) >= 11 is 2.26. The van der Waals surface area contributed by atoms with E-state index in [1.807, 2.05) is 29.0 Å². The number of imidazole rings is 1. The number of aromatic nitrogens is 2. The molecule has 1 aromatic heterocycles. The van der Waals surface area contributed by atoms with Gasteiger partial charge < -0.3 is 4.57 Å². The maximum Gasteiger partial charge on any atom is 0.147 e. The molecule has 0 bridgehead atoms. The molecule has 2 rings (SSSR count). The number of halogens is 1. The number of aryl methyl sites for hydroxylation is 1. The highest BCUT2D eigenvalue weighted by molar-refractivity contribution is 14.1. The second kappa shape index (κ2) is 6.04. The number of nitrogens with zero attached hydrogens (tertiary/aromatic N) is 2. The van der Waals surface area contributed by atoms with Gasteiger partial charge in [0.15, 0.2) is 0 Å². The number of rotatable bonds is 5. The largest absolute Gasteiger partial charge is 0.331 e. The van der Waals surface area contributed by atoms with E-state index in [4.69, 9.17) is 0 Å². The molecule has 0 saturated carbocycles. The van der Waals surface area contributed by atoms with Crippen LogP contribution in [0.1, 0.15) is 6.42 Å². The molecule has 0 aliphatic rings. The van der Waals surface area contributed by atoms with Gasteiger partial charge in [0.2, 0.25) is 0 Å². The van der Waals surface area contributed by atoms with Crippen LogP contribution < -0.4 is 0 Å². The minimum Gasteiger partial charge on any atom is -0.331 e. The molecule has 1 heterocycles. The number of hydrogen-bond acceptors (Lipinski definition) is 3. The third-order valence-electron chi connectivity index (χ3n) is 2.71. The van der Waals surface area contributed by atoms with Crippen LogP contribution in [0.4, 0.5) is 0 Å². The van der Waals surface area contributed by atoms with Crippen molar-refractivity contribution in [3.63, 3.8) is 0 Å². The van der Waals surface area contributed by atoms with Gasteiger partial charge >= 0.3 is 0 Å². The first-order chi connectivity index (χ1) is 8.96. The van der Waals surface area contributed by atoms with E-state index in [1.54, 1.807) is 6.20 Å². The summed E-state index contributed by atoms with van der Waals surface area (Å²) in [6.07, 6.45) is 5.50. The third kappa shape index (κ3) is 4.31. The normalized spacial score (nSPS) is 11.7. The first kappa shape index (κ1) is 14.5. The van der Waals surface area contributed by atoms with Gasteiger partial charge in [0.25, 0.3) is 0 Å². The van der Waals surface area contributed by atoms with E-state index in [2.05, 4.69) is 33.6 Å². The Balaban J connectivity index is 2.14. The zero-order chi connectivity index (χ0) is 13.9. The standard InChI is InChI=1S/C13H15IN2O2S/c1-19(17,18)9-3-7-16-8-6-15-13(16)11-4-2-5-12(14)10-11/h2,4-6,8,10H,3,7,9H2,1H3. The third-order valence-corrected chi connectivity index (χ3v) is 4.41. The van der Waals surface area contributed by atoms with E-state index in [9.17, 15) is 8.42 Å². The van der Waals surface area contributed by atoms with Crippen LogP contribution in [0.2, 0.25) is 0 Å². The SMILES string of the molecule is CS(=O)(=O)CCCn1ccnc1-c1cccc(I)c1. The summed E-state index contributed by atoms with van der Waals surface area (Å²) in [7, 11) is -2.90. The molecule has 0 N–H and O–H groups in total. The fraction of sp³-hybridized carbons (Fsp3) is 0.308. The molecule has 0 unspecified atom stereocenters. The van der Waals surface area contributed by atoms with Crippen LogP contribution >= 0.6 is 22.6 Å². The molecule has 0 fully saturated rings. The molecule has 0 aliphatic heterocycles. The molecule has 0 saturated heterocycles. The number of benzene rings is 1. The Morgan fingerprint density at radius 2 is 2.16 bits per heavy atom. The zero-order valence-electron chi connectivity index (χ0n) is 10.6. The predicted octanol–water partition coefficient (Wildman–Crippen LogP) is 2.59. The molecule has 0 atom stereocenters. The van der Waals surface area contributed by atoms with Crippen LogP contribution in [0, 0.1) is 3.57 Å². The molecule has 0 aliphatic carbocycles. The molecule has 102 valence electrons. The van der Waals surface area contributed by atoms with Gasteiger partial charge in [-0.25, -0.2) is 13.4 Å². The van der Waals surface area contributed by atoms with E-state index < -0.39 is 9.84 Å². The van der Waals surface area contributed by atoms with E-state index >= 15 is 0 Å². The van der Waals surface area contributed by atoms with Crippen molar-refractivity contribution in [2.24, 2.45) is 0 Å². The van der Waals surface area contributed by atoms with Crippen molar-refractivity contribution >= 4 is 32.4 Å². The Morgan fingerprint density at radius 1 is 1.37 bits per heavy atom. The zero-order valence-corrected chi connectivity index (χ0v) is 13.6. The molecule has 0 spiro atoms. The summed E-state index contributed by atoms with van der Waals surface area (Å²) in [5.74, 6) is 1.09. The van der Waals surface area contributed by atoms with Gasteiger partial charge in [-0.3, -0.25) is 0 Å². The number of sulfone groups is 1. The molecule has 19 heavy (non-hydrogen) atoms. The molecule has 0 radical (unpaired) electrons. The fourth-order valence-electron chi connectivity index (χ4n) is 1.87. The minimum atomic E-state index is -2.90. The topological polar surface area (TPSA) is 52.0 Å². The molecular weight excluding hydrogens is 375 g/mol. The van der Waals surface area contributed by atoms with Crippen LogP contribution in [0.15, 0.2) is 36.7 Å². The lowest BCUT2D eigenvalue weighted by atomic mass is 10.2. The molecule has 0 amide bonds. The lowest BCUT2D eigenvalue weighted by molar-refractivity contribution is 0.592. The number of hydrogen-bond donors (Lipinski definition) is 0. The Labute approximate surface area is 126 Å². The van der Waals surface area contributed by atoms with Crippen molar-refractivity contribution in [3.05, 3.63) is 40.2 Å². The maximum absolute atomic E-state index is 11.1. The highest BCUT2D eigenvalue weighted by atomic mass is 127. The maximum atomic E-state index is 11.1. The molecular formula is C13H15IN2O2S. The highest BCUT2D eigenvalue weighted by Crippen LogP contribution is 2.20. The van der Waals surface area contributed by atoms with Crippen molar-refractivity contribution in [2.45, 2.75) is 13.0 Å². The van der Waals surface area contributed by atoms with Crippen LogP contribution in [0.5, 0.6) is 0 Å². The fourth-order valence-corrected chi connectivity index (χ4v) is 3.07. The van der Waals surface area contributed by atoms with Gasteiger partial charge in [-0.15, -0.1) is 0 Å². The van der Waals surface area contributed by atoms with Crippen molar-refractivity contribution in [1.82, 2.24) is 9.55 Å². The molecule has 6 heteroatoms. The summed E-state index contributed by atoms with van der Waals surface area (Å²) in [6.45, 7) is 0.661. The van der Waals surface area contributed by atoms with E-state index in [1.165, 1.54) is 6.26 Å². The second-order valence-corrected chi connectivity index (χ2v) is 7.94. The van der Waals surface area contributed by atoms with E-state index in [0.29, 0.717) is 13.0 Å². The lowest BCUT2D eigenvalue weighted by Crippen LogP contribution is -2.07. The van der Waals surface area contributed by atoms with E-state index in [-0.39, 0.29) is 5.75 Å². The average Bonchev–Trinajstić information content (AvgIpc) is 2.75. The average molecular weight is 390 g/mol. The first-order valence-electron chi connectivity index (χ1n) is 5.90. The quantitative estimate of drug-likeness (QED) is 0.738. The Hall–Kier alpha value is -0.890. The van der Waals surface area contributed by atoms with Crippen molar-refractivity contribution in [3.8, 4) is 11.4 Å². The smallest absolute Gasteiger partial charge is 0.147 e. The van der Waals surface area contributed by atoms with Gasteiger partial charge in [-0.2, -0.15) is 0 Å². The second-order valence-electron chi connectivity index (χ2n) is 4.44. The summed E-state index contributed by atoms with van der Waals surface area (Å²) in [4.78, 5) is 4.35. The van der Waals surface area contributed by atoms with Crippen LogP contribution in [0.25, 0.3) is 11.4 Å². The lowest BCUT2D eigenvalue weighted by Gasteiger charge is -2.07. The Morgan fingerprint density at radius 3 is 2.84 bits per heavy atom. The van der Waals surface area contributed by atoms with Crippen LogP contribution in [-0.2, 0) is 16.4 Å². The van der Waals surface area contributed by atoms with Crippen molar-refractivity contribution in [1.29, 1.82) is 0 Å². The van der Waals surface area contributed by atoms with Crippen LogP contribution in [-0.4, -0.2) is 30.0 Å².